The van der Waals surface area contributed by atoms with Crippen molar-refractivity contribution in [3.63, 3.8) is 0 Å². The molecule has 0 radical (unpaired) electrons. The number of ether oxygens (including phenoxy) is 3. The number of benzene rings is 4. The minimum absolute atomic E-state index is 0.356. The second-order valence-corrected chi connectivity index (χ2v) is 17.7. The van der Waals surface area contributed by atoms with E-state index in [1.165, 1.54) is 0 Å². The van der Waals surface area contributed by atoms with E-state index in [2.05, 4.69) is 79.7 Å². The van der Waals surface area contributed by atoms with Gasteiger partial charge in [-0.2, -0.15) is 0 Å². The van der Waals surface area contributed by atoms with E-state index < -0.39 is 24.5 Å². The van der Waals surface area contributed by atoms with Crippen molar-refractivity contribution in [1.29, 1.82) is 0 Å². The third kappa shape index (κ3) is 7.79. The van der Waals surface area contributed by atoms with E-state index in [-0.39, 0.29) is 5.97 Å². The molecule has 8 heteroatoms. The summed E-state index contributed by atoms with van der Waals surface area (Å²) >= 11 is 0. The van der Waals surface area contributed by atoms with Crippen LogP contribution in [0, 0.1) is 33.1 Å². The monoisotopic (exact) mass is 712 g/mol. The van der Waals surface area contributed by atoms with Crippen LogP contribution >= 0.6 is 8.24 Å². The number of hydrogen-bond donors (Lipinski definition) is 0. The lowest BCUT2D eigenvalue weighted by Gasteiger charge is -2.29. The van der Waals surface area contributed by atoms with Crippen LogP contribution in [-0.2, 0) is 15.6 Å². The highest BCUT2D eigenvalue weighted by atomic mass is 31.1. The Labute approximate surface area is 303 Å². The van der Waals surface area contributed by atoms with Crippen molar-refractivity contribution in [2.75, 3.05) is 14.2 Å². The Kier molecular flexibility index (Phi) is 10.1. The molecule has 0 amide bonds. The van der Waals surface area contributed by atoms with Gasteiger partial charge in [0.15, 0.2) is 0 Å². The standard InChI is InChI=1S/C43H53O7P/c1-24-16-26(3)36-30(18-24)31-19-25(2)17-27(4)37(31)49-51(48-36)50-39-33(21-29(46-15)23-35(39)42(8,9)10)32-20-28(45-14)22-34(41(5,6)7)38(32)47-40(44)43(11,12)13/h16-23H,1-15H3. The summed E-state index contributed by atoms with van der Waals surface area (Å²) in [4.78, 5) is 13.6. The van der Waals surface area contributed by atoms with Crippen LogP contribution in [0.2, 0.25) is 0 Å². The maximum absolute atomic E-state index is 13.6. The highest BCUT2D eigenvalue weighted by Gasteiger charge is 2.33. The van der Waals surface area contributed by atoms with Gasteiger partial charge in [-0.15, -0.1) is 0 Å². The molecule has 0 fully saturated rings. The molecule has 0 bridgehead atoms. The van der Waals surface area contributed by atoms with Crippen molar-refractivity contribution in [3.05, 3.63) is 81.9 Å². The molecule has 272 valence electrons. The predicted molar refractivity (Wildman–Crippen MR) is 209 cm³/mol. The summed E-state index contributed by atoms with van der Waals surface area (Å²) in [5, 5.41) is 1.93. The Morgan fingerprint density at radius 2 is 1.00 bits per heavy atom. The Morgan fingerprint density at radius 1 is 0.588 bits per heavy atom. The lowest BCUT2D eigenvalue weighted by atomic mass is 9.81. The van der Waals surface area contributed by atoms with Crippen LogP contribution < -0.4 is 18.7 Å². The van der Waals surface area contributed by atoms with Crippen molar-refractivity contribution < 1.29 is 31.9 Å². The SMILES string of the molecule is COc1cc(-c2cc(OC)cc(C(C)(C)C)c2Op2oc3c(C)cc(C)cc3c3cc(C)cc(C)c3o2)c(OC(=O)C(C)(C)C)c(C(C)(C)C)c1. The lowest BCUT2D eigenvalue weighted by Crippen LogP contribution is -2.27. The van der Waals surface area contributed by atoms with Gasteiger partial charge in [0.25, 0.3) is 0 Å². The predicted octanol–water partition coefficient (Wildman–Crippen LogP) is 12.6. The molecule has 4 aromatic carbocycles. The molecule has 0 aliphatic rings. The van der Waals surface area contributed by atoms with Crippen molar-refractivity contribution in [3.8, 4) is 34.1 Å². The van der Waals surface area contributed by atoms with Crippen LogP contribution in [0.5, 0.6) is 23.0 Å². The topological polar surface area (TPSA) is 80.3 Å². The van der Waals surface area contributed by atoms with Gasteiger partial charge in [0.2, 0.25) is 0 Å². The van der Waals surface area contributed by atoms with Crippen molar-refractivity contribution >= 4 is 36.1 Å². The molecule has 51 heavy (non-hydrogen) atoms. The lowest BCUT2D eigenvalue weighted by molar-refractivity contribution is -0.143. The van der Waals surface area contributed by atoms with Gasteiger partial charge < -0.3 is 27.1 Å². The quantitative estimate of drug-likeness (QED) is 0.128. The van der Waals surface area contributed by atoms with E-state index in [0.717, 1.165) is 55.3 Å². The van der Waals surface area contributed by atoms with Crippen molar-refractivity contribution in [1.82, 2.24) is 0 Å². The molecule has 0 saturated heterocycles. The molecule has 5 aromatic rings. The van der Waals surface area contributed by atoms with Gasteiger partial charge in [0, 0.05) is 33.0 Å². The average Bonchev–Trinajstić information content (AvgIpc) is 3.16. The first-order chi connectivity index (χ1) is 23.6. The molecule has 0 saturated carbocycles. The fourth-order valence-electron chi connectivity index (χ4n) is 6.24. The van der Waals surface area contributed by atoms with E-state index in [1.807, 2.05) is 58.9 Å². The zero-order valence-corrected chi connectivity index (χ0v) is 33.8. The van der Waals surface area contributed by atoms with Crippen LogP contribution in [0.25, 0.3) is 33.1 Å². The third-order valence-electron chi connectivity index (χ3n) is 8.94. The molecule has 0 N–H and O–H groups in total. The van der Waals surface area contributed by atoms with E-state index in [0.29, 0.717) is 34.1 Å². The van der Waals surface area contributed by atoms with Gasteiger partial charge in [-0.3, -0.25) is 4.79 Å². The van der Waals surface area contributed by atoms with Crippen LogP contribution in [0.4, 0.5) is 0 Å². The Bertz CT molecular complexity index is 2120. The number of carbonyl (C=O) groups excluding carboxylic acids is 1. The molecule has 0 aliphatic heterocycles. The number of hydrogen-bond acceptors (Lipinski definition) is 7. The van der Waals surface area contributed by atoms with E-state index in [4.69, 9.17) is 27.1 Å². The first-order valence-corrected chi connectivity index (χ1v) is 18.5. The molecule has 7 nitrogen and oxygen atoms in total. The number of aryl methyl sites for hydroxylation is 4. The van der Waals surface area contributed by atoms with Gasteiger partial charge in [0.1, 0.15) is 34.2 Å². The fraction of sp³-hybridized carbons (Fsp3) is 0.419. The Morgan fingerprint density at radius 3 is 1.39 bits per heavy atom. The van der Waals surface area contributed by atoms with Gasteiger partial charge in [-0.25, -0.2) is 0 Å². The molecule has 1 aromatic heterocycles. The van der Waals surface area contributed by atoms with Gasteiger partial charge in [-0.05, 0) is 118 Å². The first kappa shape index (κ1) is 37.9. The number of esters is 1. The Balaban J connectivity index is 1.94. The zero-order chi connectivity index (χ0) is 37.8. The summed E-state index contributed by atoms with van der Waals surface area (Å²) in [5.74, 6) is 1.86. The van der Waals surface area contributed by atoms with Crippen LogP contribution in [-0.4, -0.2) is 20.2 Å². The molecule has 0 spiro atoms. The minimum Gasteiger partial charge on any atom is -0.497 e. The molecule has 0 unspecified atom stereocenters. The zero-order valence-electron chi connectivity index (χ0n) is 32.9. The van der Waals surface area contributed by atoms with Gasteiger partial charge >= 0.3 is 14.2 Å². The minimum atomic E-state index is -2.05. The van der Waals surface area contributed by atoms with E-state index >= 15 is 0 Å². The molecular weight excluding hydrogens is 659 g/mol. The number of carbonyl (C=O) groups is 1. The normalized spacial score (nSPS) is 12.3. The van der Waals surface area contributed by atoms with Crippen molar-refractivity contribution in [2.45, 2.75) is 101 Å². The second kappa shape index (κ2) is 13.7. The van der Waals surface area contributed by atoms with E-state index in [9.17, 15) is 4.79 Å². The summed E-state index contributed by atoms with van der Waals surface area (Å²) in [6.45, 7) is 26.4. The van der Waals surface area contributed by atoms with Crippen LogP contribution in [0.3, 0.4) is 0 Å². The highest BCUT2D eigenvalue weighted by Crippen LogP contribution is 2.52. The molecule has 5 rings (SSSR count). The summed E-state index contributed by atoms with van der Waals surface area (Å²) < 4.78 is 38.8. The fourth-order valence-corrected chi connectivity index (χ4v) is 7.48. The summed E-state index contributed by atoms with van der Waals surface area (Å²) in [5.41, 5.74) is 7.05. The maximum atomic E-state index is 13.6. The summed E-state index contributed by atoms with van der Waals surface area (Å²) in [6, 6.07) is 16.2. The average molecular weight is 713 g/mol. The Hall–Kier alpha value is -4.35. The number of fused-ring (bicyclic) bond motifs is 3. The number of methoxy groups -OCH3 is 2. The molecule has 1 heterocycles. The summed E-state index contributed by atoms with van der Waals surface area (Å²) in [6.07, 6.45) is 0. The summed E-state index contributed by atoms with van der Waals surface area (Å²) in [7, 11) is 1.23. The largest absolute Gasteiger partial charge is 0.497 e. The van der Waals surface area contributed by atoms with Gasteiger partial charge in [0.05, 0.1) is 19.6 Å². The highest BCUT2D eigenvalue weighted by molar-refractivity contribution is 7.32. The van der Waals surface area contributed by atoms with Gasteiger partial charge in [-0.1, -0.05) is 53.7 Å². The molecular formula is C43H53O7P. The molecule has 0 aliphatic carbocycles. The number of rotatable bonds is 6. The second-order valence-electron chi connectivity index (χ2n) is 16.7. The van der Waals surface area contributed by atoms with Crippen molar-refractivity contribution in [2.24, 2.45) is 5.41 Å². The molecule has 0 atom stereocenters. The van der Waals surface area contributed by atoms with E-state index in [1.54, 1.807) is 14.2 Å². The third-order valence-corrected chi connectivity index (χ3v) is 9.93. The maximum Gasteiger partial charge on any atom is 0.453 e. The smallest absolute Gasteiger partial charge is 0.453 e. The van der Waals surface area contributed by atoms with Crippen LogP contribution in [0.15, 0.2) is 56.9 Å². The first-order valence-electron chi connectivity index (χ1n) is 17.4. The van der Waals surface area contributed by atoms with Crippen LogP contribution in [0.1, 0.15) is 95.7 Å².